The van der Waals surface area contributed by atoms with E-state index in [9.17, 15) is 0 Å². The Hall–Kier alpha value is 1.32. The van der Waals surface area contributed by atoms with Crippen LogP contribution in [0, 0.1) is 21.4 Å². The molecule has 3 aliphatic heterocycles. The fourth-order valence-electron chi connectivity index (χ4n) is 5.04. The van der Waals surface area contributed by atoms with Crippen molar-refractivity contribution in [1.82, 2.24) is 0 Å². The molecular formula is C32H30I6O6. The molecule has 3 aromatic carbocycles. The van der Waals surface area contributed by atoms with E-state index in [4.69, 9.17) is 28.4 Å². The standard InChI is InChI=1S/C32H30I6O6/c1-32(17-8-23(33)29(24(34)9-17)39-5-2-20-14-42-20,18-10-25(35)30(26(36)11-18)40-6-3-21-15-43-21)19-12-27(37)31(28(38)13-19)41-7-4-22-16-44-22/h8-13,20-22H,2-7,14-16H2,1H3. The van der Waals surface area contributed by atoms with Crippen LogP contribution >= 0.6 is 136 Å². The first-order valence-corrected chi connectivity index (χ1v) is 20.8. The van der Waals surface area contributed by atoms with Gasteiger partial charge in [0, 0.05) is 24.7 Å². The highest BCUT2D eigenvalue weighted by Gasteiger charge is 2.35. The molecule has 3 aromatic rings. The topological polar surface area (TPSA) is 65.3 Å². The summed E-state index contributed by atoms with van der Waals surface area (Å²) in [6, 6.07) is 13.7. The molecule has 0 spiro atoms. The number of ether oxygens (including phenoxy) is 6. The van der Waals surface area contributed by atoms with Gasteiger partial charge in [-0.2, -0.15) is 0 Å². The Morgan fingerprint density at radius 1 is 0.523 bits per heavy atom. The Morgan fingerprint density at radius 2 is 0.750 bits per heavy atom. The van der Waals surface area contributed by atoms with E-state index in [0.717, 1.165) is 77.8 Å². The van der Waals surface area contributed by atoms with Crippen LogP contribution in [0.2, 0.25) is 0 Å². The van der Waals surface area contributed by atoms with E-state index in [0.29, 0.717) is 38.1 Å². The van der Waals surface area contributed by atoms with E-state index in [1.165, 1.54) is 16.7 Å². The molecule has 12 heteroatoms. The van der Waals surface area contributed by atoms with E-state index in [1.54, 1.807) is 0 Å². The van der Waals surface area contributed by atoms with E-state index < -0.39 is 5.41 Å². The van der Waals surface area contributed by atoms with Gasteiger partial charge >= 0.3 is 0 Å². The van der Waals surface area contributed by atoms with Crippen molar-refractivity contribution in [3.8, 4) is 17.2 Å². The molecule has 3 fully saturated rings. The van der Waals surface area contributed by atoms with Gasteiger partial charge < -0.3 is 28.4 Å². The number of epoxide rings is 3. The number of rotatable bonds is 15. The Kier molecular flexibility index (Phi) is 12.4. The normalized spacial score (nSPS) is 21.5. The Bertz CT molecular complexity index is 1270. The summed E-state index contributed by atoms with van der Waals surface area (Å²) in [6.45, 7) is 6.84. The first kappa shape index (κ1) is 35.2. The van der Waals surface area contributed by atoms with Crippen molar-refractivity contribution in [3.63, 3.8) is 0 Å². The Balaban J connectivity index is 1.37. The summed E-state index contributed by atoms with van der Waals surface area (Å²) in [6.07, 6.45) is 3.82. The maximum absolute atomic E-state index is 6.27. The van der Waals surface area contributed by atoms with Crippen LogP contribution in [-0.4, -0.2) is 58.0 Å². The lowest BCUT2D eigenvalue weighted by molar-refractivity contribution is 0.280. The highest BCUT2D eigenvalue weighted by Crippen LogP contribution is 2.46. The lowest BCUT2D eigenvalue weighted by Gasteiger charge is -2.34. The third-order valence-corrected chi connectivity index (χ3v) is 12.8. The molecule has 0 aliphatic carbocycles. The van der Waals surface area contributed by atoms with Gasteiger partial charge in [-0.3, -0.25) is 0 Å². The molecule has 6 nitrogen and oxygen atoms in total. The average molecular weight is 1270 g/mol. The van der Waals surface area contributed by atoms with E-state index in [-0.39, 0.29) is 0 Å². The monoisotopic (exact) mass is 1270 g/mol. The molecule has 3 atom stereocenters. The van der Waals surface area contributed by atoms with Gasteiger partial charge in [0.2, 0.25) is 0 Å². The molecule has 3 aliphatic rings. The highest BCUT2D eigenvalue weighted by atomic mass is 127. The molecule has 0 amide bonds. The van der Waals surface area contributed by atoms with Crippen LogP contribution in [0.15, 0.2) is 36.4 Å². The van der Waals surface area contributed by atoms with Crippen LogP contribution < -0.4 is 14.2 Å². The third kappa shape index (κ3) is 8.72. The summed E-state index contributed by atoms with van der Waals surface area (Å²) in [7, 11) is 0. The smallest absolute Gasteiger partial charge is 0.145 e. The lowest BCUT2D eigenvalue weighted by Crippen LogP contribution is -2.27. The molecule has 0 radical (unpaired) electrons. The summed E-state index contributed by atoms with van der Waals surface area (Å²) in [5.74, 6) is 2.83. The minimum atomic E-state index is -0.458. The summed E-state index contributed by atoms with van der Waals surface area (Å²) in [4.78, 5) is 0. The first-order valence-electron chi connectivity index (χ1n) is 14.3. The Labute approximate surface area is 340 Å². The van der Waals surface area contributed by atoms with Crippen LogP contribution in [0.1, 0.15) is 42.9 Å². The molecule has 0 saturated carbocycles. The second-order valence-electron chi connectivity index (χ2n) is 11.2. The van der Waals surface area contributed by atoms with Crippen molar-refractivity contribution in [3.05, 3.63) is 74.5 Å². The summed E-state index contributed by atoms with van der Waals surface area (Å²) < 4.78 is 41.6. The van der Waals surface area contributed by atoms with Gasteiger partial charge in [-0.25, -0.2) is 0 Å². The minimum Gasteiger partial charge on any atom is -0.491 e. The number of hydrogen-bond donors (Lipinski definition) is 0. The minimum absolute atomic E-state index is 0.353. The largest absolute Gasteiger partial charge is 0.491 e. The van der Waals surface area contributed by atoms with Crippen LogP contribution in [0.4, 0.5) is 0 Å². The van der Waals surface area contributed by atoms with E-state index in [2.05, 4.69) is 179 Å². The van der Waals surface area contributed by atoms with Gasteiger partial charge in [-0.05, 0) is 196 Å². The summed E-state index contributed by atoms with van der Waals surface area (Å²) >= 11 is 14.5. The van der Waals surface area contributed by atoms with Crippen molar-refractivity contribution in [2.75, 3.05) is 39.6 Å². The van der Waals surface area contributed by atoms with E-state index >= 15 is 0 Å². The molecule has 44 heavy (non-hydrogen) atoms. The maximum Gasteiger partial charge on any atom is 0.145 e. The molecule has 0 aromatic heterocycles. The van der Waals surface area contributed by atoms with Crippen molar-refractivity contribution in [2.24, 2.45) is 0 Å². The number of hydrogen-bond acceptors (Lipinski definition) is 6. The van der Waals surface area contributed by atoms with Gasteiger partial charge in [-0.1, -0.05) is 0 Å². The average Bonchev–Trinajstić information content (AvgIpc) is 3.82. The van der Waals surface area contributed by atoms with Crippen molar-refractivity contribution in [1.29, 1.82) is 0 Å². The summed E-state index contributed by atoms with van der Waals surface area (Å²) in [5, 5.41) is 0. The molecule has 3 saturated heterocycles. The second-order valence-corrected chi connectivity index (χ2v) is 18.2. The number of halogens is 6. The van der Waals surface area contributed by atoms with Crippen LogP contribution in [0.5, 0.6) is 17.2 Å². The summed E-state index contributed by atoms with van der Waals surface area (Å²) in [5.41, 5.74) is 3.17. The zero-order chi connectivity index (χ0) is 31.0. The quantitative estimate of drug-likeness (QED) is 0.0861. The van der Waals surface area contributed by atoms with Crippen molar-refractivity contribution < 1.29 is 28.4 Å². The van der Waals surface area contributed by atoms with Crippen molar-refractivity contribution >= 4 is 136 Å². The van der Waals surface area contributed by atoms with Gasteiger partial charge in [0.15, 0.2) is 0 Å². The molecule has 0 bridgehead atoms. The van der Waals surface area contributed by atoms with Crippen LogP contribution in [0.3, 0.4) is 0 Å². The van der Waals surface area contributed by atoms with Gasteiger partial charge in [0.05, 0.1) is 79.4 Å². The zero-order valence-electron chi connectivity index (χ0n) is 23.8. The molecule has 3 heterocycles. The van der Waals surface area contributed by atoms with Crippen molar-refractivity contribution in [2.45, 2.75) is 49.9 Å². The Morgan fingerprint density at radius 3 is 0.955 bits per heavy atom. The van der Waals surface area contributed by atoms with Crippen LogP contribution in [0.25, 0.3) is 0 Å². The predicted octanol–water partition coefficient (Wildman–Crippen LogP) is 9.17. The lowest BCUT2D eigenvalue weighted by atomic mass is 9.71. The van der Waals surface area contributed by atoms with Gasteiger partial charge in [-0.15, -0.1) is 0 Å². The molecule has 6 rings (SSSR count). The molecular weight excluding hydrogens is 1240 g/mol. The highest BCUT2D eigenvalue weighted by molar-refractivity contribution is 14.1. The number of benzene rings is 3. The maximum atomic E-state index is 6.27. The second kappa shape index (κ2) is 15.5. The molecule has 3 unspecified atom stereocenters. The van der Waals surface area contributed by atoms with Gasteiger partial charge in [0.1, 0.15) is 17.2 Å². The fraction of sp³-hybridized carbons (Fsp3) is 0.438. The van der Waals surface area contributed by atoms with E-state index in [1.807, 2.05) is 0 Å². The van der Waals surface area contributed by atoms with Gasteiger partial charge in [0.25, 0.3) is 0 Å². The first-order chi connectivity index (χ1) is 21.1. The zero-order valence-corrected chi connectivity index (χ0v) is 36.7. The fourth-order valence-corrected chi connectivity index (χ4v) is 11.3. The third-order valence-electron chi connectivity index (χ3n) is 7.99. The SMILES string of the molecule is CC(c1cc(I)c(OCCC2CO2)c(I)c1)(c1cc(I)c(OCCC2CO2)c(I)c1)c1cc(I)c(OCCC2CO2)c(I)c1. The molecule has 236 valence electrons. The molecule has 0 N–H and O–H groups in total. The van der Waals surface area contributed by atoms with Crippen LogP contribution in [-0.2, 0) is 19.6 Å². The predicted molar refractivity (Wildman–Crippen MR) is 221 cm³/mol.